The van der Waals surface area contributed by atoms with Crippen molar-refractivity contribution < 1.29 is 8.42 Å². The van der Waals surface area contributed by atoms with E-state index < -0.39 is 10.0 Å². The van der Waals surface area contributed by atoms with Crippen LogP contribution < -0.4 is 4.72 Å². The van der Waals surface area contributed by atoms with Gasteiger partial charge in [-0.1, -0.05) is 25.1 Å². The zero-order valence-corrected chi connectivity index (χ0v) is 11.0. The van der Waals surface area contributed by atoms with Gasteiger partial charge in [0.15, 0.2) is 0 Å². The molecule has 0 amide bonds. The number of nitrogens with one attached hydrogen (secondary N) is 1. The van der Waals surface area contributed by atoms with Gasteiger partial charge in [0.1, 0.15) is 4.21 Å². The van der Waals surface area contributed by atoms with Gasteiger partial charge in [-0.2, -0.15) is 0 Å². The van der Waals surface area contributed by atoms with E-state index in [0.29, 0.717) is 9.90 Å². The summed E-state index contributed by atoms with van der Waals surface area (Å²) < 4.78 is 26.8. The molecule has 0 fully saturated rings. The van der Waals surface area contributed by atoms with E-state index in [4.69, 9.17) is 0 Å². The topological polar surface area (TPSA) is 46.2 Å². The van der Waals surface area contributed by atoms with Gasteiger partial charge < -0.3 is 0 Å². The molecule has 0 aliphatic carbocycles. The van der Waals surface area contributed by atoms with Crippen LogP contribution in [0.5, 0.6) is 0 Å². The molecule has 0 aliphatic rings. The summed E-state index contributed by atoms with van der Waals surface area (Å²) in [5, 5.41) is 1.75. The van der Waals surface area contributed by atoms with Crippen LogP contribution in [0, 0.1) is 0 Å². The standard InChI is InChI=1S/C12H13NO2S2/c1-2-10-5-3-6-11(9-10)13-17(14,15)12-7-4-8-16-12/h3-9,13H,2H2,1H3. The van der Waals surface area contributed by atoms with Crippen molar-refractivity contribution >= 4 is 27.0 Å². The number of thiophene rings is 1. The second-order valence-electron chi connectivity index (χ2n) is 3.59. The van der Waals surface area contributed by atoms with Crippen LogP contribution in [0.3, 0.4) is 0 Å². The molecule has 1 aromatic heterocycles. The van der Waals surface area contributed by atoms with Crippen LogP contribution in [-0.4, -0.2) is 8.42 Å². The quantitative estimate of drug-likeness (QED) is 0.925. The number of hydrogen-bond acceptors (Lipinski definition) is 3. The first-order valence-electron chi connectivity index (χ1n) is 5.27. The van der Waals surface area contributed by atoms with Gasteiger partial charge in [0.25, 0.3) is 10.0 Å². The molecule has 17 heavy (non-hydrogen) atoms. The SMILES string of the molecule is CCc1cccc(NS(=O)(=O)c2cccs2)c1. The van der Waals surface area contributed by atoms with E-state index in [0.717, 1.165) is 12.0 Å². The van der Waals surface area contributed by atoms with Crippen molar-refractivity contribution in [2.45, 2.75) is 17.6 Å². The molecule has 5 heteroatoms. The van der Waals surface area contributed by atoms with E-state index in [1.54, 1.807) is 23.6 Å². The summed E-state index contributed by atoms with van der Waals surface area (Å²) in [6.07, 6.45) is 0.884. The Bertz CT molecular complexity index is 589. The molecule has 0 bridgehead atoms. The molecule has 0 spiro atoms. The molecular weight excluding hydrogens is 254 g/mol. The molecular formula is C12H13NO2S2. The van der Waals surface area contributed by atoms with Gasteiger partial charge in [-0.15, -0.1) is 11.3 Å². The summed E-state index contributed by atoms with van der Waals surface area (Å²) in [7, 11) is -3.43. The van der Waals surface area contributed by atoms with Crippen molar-refractivity contribution in [2.75, 3.05) is 4.72 Å². The second-order valence-corrected chi connectivity index (χ2v) is 6.45. The summed E-state index contributed by atoms with van der Waals surface area (Å²) in [6, 6.07) is 10.8. The zero-order chi connectivity index (χ0) is 12.3. The predicted molar refractivity (Wildman–Crippen MR) is 70.9 cm³/mol. The van der Waals surface area contributed by atoms with Crippen molar-refractivity contribution in [2.24, 2.45) is 0 Å². The average Bonchev–Trinajstić information content (AvgIpc) is 2.83. The highest BCUT2D eigenvalue weighted by Gasteiger charge is 2.14. The van der Waals surface area contributed by atoms with Crippen molar-refractivity contribution in [3.8, 4) is 0 Å². The Kier molecular flexibility index (Phi) is 3.49. The second kappa shape index (κ2) is 4.89. The third-order valence-electron chi connectivity index (χ3n) is 2.35. The maximum Gasteiger partial charge on any atom is 0.271 e. The Morgan fingerprint density at radius 2 is 2.06 bits per heavy atom. The Hall–Kier alpha value is -1.33. The van der Waals surface area contributed by atoms with Crippen molar-refractivity contribution in [1.82, 2.24) is 0 Å². The number of sulfonamides is 1. The summed E-state index contributed by atoms with van der Waals surface area (Å²) in [6.45, 7) is 2.03. The fourth-order valence-corrected chi connectivity index (χ4v) is 3.52. The van der Waals surface area contributed by atoms with Crippen LogP contribution in [0.1, 0.15) is 12.5 Å². The van der Waals surface area contributed by atoms with Gasteiger partial charge in [-0.25, -0.2) is 8.42 Å². The van der Waals surface area contributed by atoms with Crippen LogP contribution in [0.25, 0.3) is 0 Å². The molecule has 1 aromatic carbocycles. The van der Waals surface area contributed by atoms with Crippen LogP contribution in [0.15, 0.2) is 46.0 Å². The predicted octanol–water partition coefficient (Wildman–Crippen LogP) is 3.11. The lowest BCUT2D eigenvalue weighted by atomic mass is 10.1. The van der Waals surface area contributed by atoms with Gasteiger partial charge in [0, 0.05) is 5.69 Å². The molecule has 0 saturated heterocycles. The minimum absolute atomic E-state index is 0.333. The molecule has 0 unspecified atom stereocenters. The van der Waals surface area contributed by atoms with Crippen molar-refractivity contribution in [1.29, 1.82) is 0 Å². The maximum absolute atomic E-state index is 12.0. The molecule has 3 nitrogen and oxygen atoms in total. The van der Waals surface area contributed by atoms with Gasteiger partial charge in [-0.05, 0) is 35.6 Å². The Balaban J connectivity index is 2.26. The zero-order valence-electron chi connectivity index (χ0n) is 9.38. The molecule has 2 rings (SSSR count). The largest absolute Gasteiger partial charge is 0.279 e. The lowest BCUT2D eigenvalue weighted by Crippen LogP contribution is -2.11. The summed E-state index contributed by atoms with van der Waals surface area (Å²) in [4.78, 5) is 0. The number of hydrogen-bond donors (Lipinski definition) is 1. The third kappa shape index (κ3) is 2.87. The van der Waals surface area contributed by atoms with E-state index in [9.17, 15) is 8.42 Å². The molecule has 0 radical (unpaired) electrons. The first kappa shape index (κ1) is 12.1. The summed E-state index contributed by atoms with van der Waals surface area (Å²) in [5.41, 5.74) is 1.72. The number of anilines is 1. The monoisotopic (exact) mass is 267 g/mol. The Morgan fingerprint density at radius 1 is 1.24 bits per heavy atom. The van der Waals surface area contributed by atoms with Crippen LogP contribution >= 0.6 is 11.3 Å². The van der Waals surface area contributed by atoms with Gasteiger partial charge in [0.05, 0.1) is 0 Å². The molecule has 1 heterocycles. The molecule has 0 saturated carbocycles. The number of aryl methyl sites for hydroxylation is 1. The highest BCUT2D eigenvalue weighted by Crippen LogP contribution is 2.20. The lowest BCUT2D eigenvalue weighted by Gasteiger charge is -2.07. The Labute approximate surface area is 105 Å². The first-order valence-corrected chi connectivity index (χ1v) is 7.63. The van der Waals surface area contributed by atoms with Gasteiger partial charge in [-0.3, -0.25) is 4.72 Å². The highest BCUT2D eigenvalue weighted by molar-refractivity contribution is 7.94. The highest BCUT2D eigenvalue weighted by atomic mass is 32.2. The lowest BCUT2D eigenvalue weighted by molar-refractivity contribution is 0.603. The fraction of sp³-hybridized carbons (Fsp3) is 0.167. The third-order valence-corrected chi connectivity index (χ3v) is 5.13. The van der Waals surface area contributed by atoms with Crippen LogP contribution in [0.2, 0.25) is 0 Å². The van der Waals surface area contributed by atoms with E-state index in [2.05, 4.69) is 4.72 Å². The molecule has 90 valence electrons. The Morgan fingerprint density at radius 3 is 2.71 bits per heavy atom. The summed E-state index contributed by atoms with van der Waals surface area (Å²) in [5.74, 6) is 0. The van der Waals surface area contributed by atoms with E-state index in [1.807, 2.05) is 25.1 Å². The molecule has 2 aromatic rings. The summed E-state index contributed by atoms with van der Waals surface area (Å²) >= 11 is 1.21. The van der Waals surface area contributed by atoms with Crippen molar-refractivity contribution in [3.63, 3.8) is 0 Å². The average molecular weight is 267 g/mol. The number of benzene rings is 1. The molecule has 1 N–H and O–H groups in total. The number of rotatable bonds is 4. The van der Waals surface area contributed by atoms with Crippen LogP contribution in [0.4, 0.5) is 5.69 Å². The molecule has 0 atom stereocenters. The van der Waals surface area contributed by atoms with E-state index in [-0.39, 0.29) is 0 Å². The van der Waals surface area contributed by atoms with Crippen molar-refractivity contribution in [3.05, 3.63) is 47.3 Å². The fourth-order valence-electron chi connectivity index (χ4n) is 1.48. The maximum atomic E-state index is 12.0. The molecule has 0 aliphatic heterocycles. The normalized spacial score (nSPS) is 11.4. The minimum Gasteiger partial charge on any atom is -0.279 e. The van der Waals surface area contributed by atoms with Gasteiger partial charge >= 0.3 is 0 Å². The minimum atomic E-state index is -3.43. The van der Waals surface area contributed by atoms with Crippen LogP contribution in [-0.2, 0) is 16.4 Å². The first-order chi connectivity index (χ1) is 8.12. The van der Waals surface area contributed by atoms with Gasteiger partial charge in [0.2, 0.25) is 0 Å². The van der Waals surface area contributed by atoms with E-state index >= 15 is 0 Å². The smallest absolute Gasteiger partial charge is 0.271 e. The van der Waals surface area contributed by atoms with E-state index in [1.165, 1.54) is 11.3 Å².